The second-order valence-electron chi connectivity index (χ2n) is 7.60. The zero-order chi connectivity index (χ0) is 16.8. The third-order valence-electron chi connectivity index (χ3n) is 5.03. The minimum absolute atomic E-state index is 0.541. The highest BCUT2D eigenvalue weighted by atomic mass is 16.5. The topological polar surface area (TPSA) is 21.3 Å². The molecule has 1 saturated carbocycles. The van der Waals surface area contributed by atoms with Crippen molar-refractivity contribution in [1.29, 1.82) is 0 Å². The van der Waals surface area contributed by atoms with Crippen molar-refractivity contribution in [2.24, 2.45) is 11.8 Å². The molecule has 1 aliphatic carbocycles. The first-order valence-electron chi connectivity index (χ1n) is 9.58. The minimum Gasteiger partial charge on any atom is -0.493 e. The predicted octanol–water partition coefficient (Wildman–Crippen LogP) is 5.54. The maximum atomic E-state index is 6.11. The van der Waals surface area contributed by atoms with Crippen molar-refractivity contribution in [3.05, 3.63) is 42.0 Å². The molecule has 0 radical (unpaired) electrons. The molecule has 0 heterocycles. The Hall–Kier alpha value is -1.54. The van der Waals surface area contributed by atoms with Crippen molar-refractivity contribution in [3.63, 3.8) is 0 Å². The van der Waals surface area contributed by atoms with E-state index >= 15 is 0 Å². The maximum Gasteiger partial charge on any atom is 0.124 e. The van der Waals surface area contributed by atoms with E-state index < -0.39 is 0 Å². The monoisotopic (exact) mass is 325 g/mol. The lowest BCUT2D eigenvalue weighted by Crippen LogP contribution is -2.24. The summed E-state index contributed by atoms with van der Waals surface area (Å²) < 4.78 is 6.11. The van der Waals surface area contributed by atoms with Gasteiger partial charge in [-0.25, -0.2) is 0 Å². The Morgan fingerprint density at radius 3 is 2.62 bits per heavy atom. The molecular formula is C22H31NO. The molecule has 2 nitrogen and oxygen atoms in total. The summed E-state index contributed by atoms with van der Waals surface area (Å²) in [5.74, 6) is 2.44. The molecule has 1 fully saturated rings. The van der Waals surface area contributed by atoms with Crippen LogP contribution in [0.4, 0.5) is 0 Å². The average Bonchev–Trinajstić information content (AvgIpc) is 2.61. The summed E-state index contributed by atoms with van der Waals surface area (Å²) in [5.41, 5.74) is 1.31. The lowest BCUT2D eigenvalue weighted by atomic mass is 9.89. The van der Waals surface area contributed by atoms with E-state index in [0.29, 0.717) is 5.92 Å². The van der Waals surface area contributed by atoms with Crippen LogP contribution in [0, 0.1) is 11.8 Å². The van der Waals surface area contributed by atoms with Crippen LogP contribution in [0.5, 0.6) is 5.75 Å². The van der Waals surface area contributed by atoms with Crippen LogP contribution in [0.1, 0.15) is 51.5 Å². The summed E-state index contributed by atoms with van der Waals surface area (Å²) in [4.78, 5) is 0. The number of ether oxygens (including phenoxy) is 1. The third-order valence-corrected chi connectivity index (χ3v) is 5.03. The molecule has 0 bridgehead atoms. The quantitative estimate of drug-likeness (QED) is 0.721. The molecular weight excluding hydrogens is 294 g/mol. The van der Waals surface area contributed by atoms with Gasteiger partial charge >= 0.3 is 0 Å². The van der Waals surface area contributed by atoms with Gasteiger partial charge in [-0.1, -0.05) is 63.4 Å². The van der Waals surface area contributed by atoms with E-state index in [2.05, 4.69) is 55.6 Å². The van der Waals surface area contributed by atoms with E-state index in [1.807, 2.05) is 0 Å². The van der Waals surface area contributed by atoms with E-state index in [4.69, 9.17) is 4.74 Å². The van der Waals surface area contributed by atoms with Crippen molar-refractivity contribution < 1.29 is 4.74 Å². The molecule has 130 valence electrons. The van der Waals surface area contributed by atoms with Gasteiger partial charge in [-0.2, -0.15) is 0 Å². The zero-order valence-corrected chi connectivity index (χ0v) is 15.2. The molecule has 1 aliphatic rings. The van der Waals surface area contributed by atoms with Gasteiger partial charge in [0.2, 0.25) is 0 Å². The van der Waals surface area contributed by atoms with Gasteiger partial charge in [0.1, 0.15) is 5.75 Å². The number of rotatable bonds is 7. The highest BCUT2D eigenvalue weighted by Crippen LogP contribution is 2.29. The summed E-state index contributed by atoms with van der Waals surface area (Å²) in [7, 11) is 0. The van der Waals surface area contributed by atoms with Gasteiger partial charge in [0.05, 0.1) is 6.61 Å². The fraction of sp³-hybridized carbons (Fsp3) is 0.545. The fourth-order valence-corrected chi connectivity index (χ4v) is 3.68. The second-order valence-corrected chi connectivity index (χ2v) is 7.60. The summed E-state index contributed by atoms with van der Waals surface area (Å²) >= 11 is 0. The van der Waals surface area contributed by atoms with E-state index in [1.165, 1.54) is 48.4 Å². The van der Waals surface area contributed by atoms with Crippen molar-refractivity contribution in [2.75, 3.05) is 13.2 Å². The minimum atomic E-state index is 0.541. The Morgan fingerprint density at radius 1 is 1.04 bits per heavy atom. The molecule has 0 spiro atoms. The Balaban J connectivity index is 1.73. The molecule has 2 heteroatoms. The summed E-state index contributed by atoms with van der Waals surface area (Å²) in [6, 6.07) is 13.0. The summed E-state index contributed by atoms with van der Waals surface area (Å²) in [6.45, 7) is 7.19. The summed E-state index contributed by atoms with van der Waals surface area (Å²) in [5, 5.41) is 6.32. The lowest BCUT2D eigenvalue weighted by Gasteiger charge is -2.22. The molecule has 2 aromatic carbocycles. The SMILES string of the molecule is CC(C)COc1ccc2ccccc2c1CNCC1CCCCC1. The van der Waals surface area contributed by atoms with Crippen molar-refractivity contribution in [3.8, 4) is 5.75 Å². The van der Waals surface area contributed by atoms with Crippen LogP contribution >= 0.6 is 0 Å². The van der Waals surface area contributed by atoms with Gasteiger partial charge in [-0.15, -0.1) is 0 Å². The molecule has 0 saturated heterocycles. The van der Waals surface area contributed by atoms with E-state index in [0.717, 1.165) is 31.4 Å². The standard InChI is InChI=1S/C22H31NO/c1-17(2)16-24-22-13-12-19-10-6-7-11-20(19)21(22)15-23-14-18-8-4-3-5-9-18/h6-7,10-13,17-18,23H,3-5,8-9,14-16H2,1-2H3. The molecule has 2 aromatic rings. The van der Waals surface area contributed by atoms with Crippen LogP contribution < -0.4 is 10.1 Å². The Morgan fingerprint density at radius 2 is 1.83 bits per heavy atom. The molecule has 0 unspecified atom stereocenters. The molecule has 0 atom stereocenters. The van der Waals surface area contributed by atoms with Gasteiger partial charge in [0, 0.05) is 12.1 Å². The van der Waals surface area contributed by atoms with Crippen molar-refractivity contribution in [1.82, 2.24) is 5.32 Å². The van der Waals surface area contributed by atoms with Crippen LogP contribution in [-0.2, 0) is 6.54 Å². The highest BCUT2D eigenvalue weighted by molar-refractivity contribution is 5.87. The molecule has 0 aromatic heterocycles. The predicted molar refractivity (Wildman–Crippen MR) is 103 cm³/mol. The van der Waals surface area contributed by atoms with Crippen molar-refractivity contribution >= 4 is 10.8 Å². The first-order valence-corrected chi connectivity index (χ1v) is 9.58. The molecule has 0 aliphatic heterocycles. The Bertz CT molecular complexity index is 643. The first kappa shape index (κ1) is 17.3. The van der Waals surface area contributed by atoms with Gasteiger partial charge in [0.25, 0.3) is 0 Å². The van der Waals surface area contributed by atoms with E-state index in [9.17, 15) is 0 Å². The van der Waals surface area contributed by atoms with Gasteiger partial charge < -0.3 is 10.1 Å². The number of hydrogen-bond donors (Lipinski definition) is 1. The molecule has 1 N–H and O–H groups in total. The largest absolute Gasteiger partial charge is 0.493 e. The van der Waals surface area contributed by atoms with Crippen LogP contribution in [0.3, 0.4) is 0 Å². The normalized spacial score (nSPS) is 16.0. The number of fused-ring (bicyclic) bond motifs is 1. The highest BCUT2D eigenvalue weighted by Gasteiger charge is 2.14. The molecule has 24 heavy (non-hydrogen) atoms. The first-order chi connectivity index (χ1) is 11.7. The number of benzene rings is 2. The van der Waals surface area contributed by atoms with Gasteiger partial charge in [-0.05, 0) is 48.1 Å². The Labute approximate surface area is 146 Å². The third kappa shape index (κ3) is 4.51. The van der Waals surface area contributed by atoms with E-state index in [1.54, 1.807) is 0 Å². The number of hydrogen-bond acceptors (Lipinski definition) is 2. The van der Waals surface area contributed by atoms with Gasteiger partial charge in [0.15, 0.2) is 0 Å². The van der Waals surface area contributed by atoms with Crippen LogP contribution in [-0.4, -0.2) is 13.2 Å². The van der Waals surface area contributed by atoms with Gasteiger partial charge in [-0.3, -0.25) is 0 Å². The van der Waals surface area contributed by atoms with E-state index in [-0.39, 0.29) is 0 Å². The van der Waals surface area contributed by atoms with Crippen LogP contribution in [0.25, 0.3) is 10.8 Å². The smallest absolute Gasteiger partial charge is 0.124 e. The molecule has 0 amide bonds. The van der Waals surface area contributed by atoms with Crippen molar-refractivity contribution in [2.45, 2.75) is 52.5 Å². The molecule has 3 rings (SSSR count). The second kappa shape index (κ2) is 8.53. The zero-order valence-electron chi connectivity index (χ0n) is 15.2. The summed E-state index contributed by atoms with van der Waals surface area (Å²) in [6.07, 6.45) is 7.01. The van der Waals surface area contributed by atoms with Crippen LogP contribution in [0.15, 0.2) is 36.4 Å². The maximum absolute atomic E-state index is 6.11. The average molecular weight is 325 g/mol. The number of nitrogens with one attached hydrogen (secondary N) is 1. The van der Waals surface area contributed by atoms with Crippen LogP contribution in [0.2, 0.25) is 0 Å². The lowest BCUT2D eigenvalue weighted by molar-refractivity contribution is 0.268. The Kier molecular flexibility index (Phi) is 6.14. The fourth-order valence-electron chi connectivity index (χ4n) is 3.68.